The molecule has 1 aliphatic heterocycles. The van der Waals surface area contributed by atoms with Gasteiger partial charge in [-0.1, -0.05) is 72.3 Å². The van der Waals surface area contributed by atoms with E-state index in [-0.39, 0.29) is 0 Å². The predicted octanol–water partition coefficient (Wildman–Crippen LogP) is 5.95. The molecule has 0 atom stereocenters. The molecule has 1 aliphatic rings. The molecule has 0 spiro atoms. The molecule has 0 saturated carbocycles. The monoisotopic (exact) mass is 368 g/mol. The summed E-state index contributed by atoms with van der Waals surface area (Å²) in [5.41, 5.74) is 7.64. The molecule has 3 heteroatoms. The van der Waals surface area contributed by atoms with E-state index in [0.29, 0.717) is 0 Å². The molecule has 0 N–H and O–H groups in total. The third-order valence-electron chi connectivity index (χ3n) is 5.02. The van der Waals surface area contributed by atoms with Crippen molar-refractivity contribution in [3.63, 3.8) is 0 Å². The lowest BCUT2D eigenvalue weighted by Gasteiger charge is -2.22. The topological polar surface area (TPSA) is 25.2 Å². The summed E-state index contributed by atoms with van der Waals surface area (Å²) < 4.78 is 0. The first-order chi connectivity index (χ1) is 13.3. The van der Waals surface area contributed by atoms with Crippen LogP contribution in [-0.2, 0) is 6.42 Å². The molecule has 0 saturated heterocycles. The number of benzene rings is 3. The van der Waals surface area contributed by atoms with E-state index in [4.69, 9.17) is 21.6 Å². The summed E-state index contributed by atoms with van der Waals surface area (Å²) in [7, 11) is 0. The molecule has 2 nitrogen and oxygen atoms in total. The lowest BCUT2D eigenvalue weighted by Crippen LogP contribution is -2.17. The number of rotatable bonds is 2. The number of halogens is 1. The van der Waals surface area contributed by atoms with Crippen LogP contribution in [0.2, 0.25) is 5.02 Å². The van der Waals surface area contributed by atoms with Gasteiger partial charge < -0.3 is 0 Å². The molecule has 0 radical (unpaired) electrons. The summed E-state index contributed by atoms with van der Waals surface area (Å²) in [6.45, 7) is 0.775. The van der Waals surface area contributed by atoms with E-state index in [9.17, 15) is 0 Å². The van der Waals surface area contributed by atoms with Gasteiger partial charge >= 0.3 is 0 Å². The van der Waals surface area contributed by atoms with Crippen LogP contribution in [-0.4, -0.2) is 17.2 Å². The van der Waals surface area contributed by atoms with Crippen LogP contribution in [0, 0.1) is 0 Å². The molecule has 130 valence electrons. The molecule has 0 aliphatic carbocycles. The second-order valence-electron chi connectivity index (χ2n) is 6.69. The van der Waals surface area contributed by atoms with Gasteiger partial charge in [0.15, 0.2) is 0 Å². The van der Waals surface area contributed by atoms with E-state index in [2.05, 4.69) is 48.5 Å². The normalized spacial score (nSPS) is 13.3. The van der Waals surface area contributed by atoms with Crippen molar-refractivity contribution in [3.05, 3.63) is 101 Å². The Morgan fingerprint density at radius 3 is 2.22 bits per heavy atom. The van der Waals surface area contributed by atoms with E-state index >= 15 is 0 Å². The molecule has 27 heavy (non-hydrogen) atoms. The first-order valence-electron chi connectivity index (χ1n) is 9.09. The first kappa shape index (κ1) is 16.2. The van der Waals surface area contributed by atoms with Crippen LogP contribution >= 0.6 is 11.6 Å². The van der Waals surface area contributed by atoms with Crippen molar-refractivity contribution in [2.45, 2.75) is 6.42 Å². The number of aromatic nitrogens is 1. The number of fused-ring (bicyclic) bond motifs is 3. The highest BCUT2D eigenvalue weighted by molar-refractivity contribution is 6.31. The van der Waals surface area contributed by atoms with Gasteiger partial charge in [0, 0.05) is 33.6 Å². The Hall–Kier alpha value is -2.97. The molecule has 0 unspecified atom stereocenters. The van der Waals surface area contributed by atoms with Crippen LogP contribution in [0.4, 0.5) is 0 Å². The SMILES string of the molecule is Clc1ccc2nc(-c3ccccc3)c3c(c2c1)CCN=C3c1ccccc1. The van der Waals surface area contributed by atoms with Crippen LogP contribution in [0.15, 0.2) is 83.9 Å². The standard InChI is InChI=1S/C24H17ClN2/c25-18-11-12-21-20(15-18)19-13-14-26-23(16-7-3-1-4-8-16)22(19)24(27-21)17-9-5-2-6-10-17/h1-12,15H,13-14H2. The van der Waals surface area contributed by atoms with Crippen molar-refractivity contribution in [1.29, 1.82) is 0 Å². The van der Waals surface area contributed by atoms with Crippen molar-refractivity contribution in [3.8, 4) is 11.3 Å². The van der Waals surface area contributed by atoms with E-state index in [1.54, 1.807) is 0 Å². The van der Waals surface area contributed by atoms with Gasteiger partial charge in [0.1, 0.15) is 0 Å². The Balaban J connectivity index is 1.87. The Labute approximate surface area is 163 Å². The molecular weight excluding hydrogens is 352 g/mol. The fourth-order valence-corrected chi connectivity index (χ4v) is 3.98. The number of hydrogen-bond donors (Lipinski definition) is 0. The minimum Gasteiger partial charge on any atom is -0.284 e. The Kier molecular flexibility index (Phi) is 3.99. The van der Waals surface area contributed by atoms with Crippen molar-refractivity contribution >= 4 is 28.2 Å². The molecule has 0 amide bonds. The van der Waals surface area contributed by atoms with Crippen LogP contribution < -0.4 is 0 Å². The van der Waals surface area contributed by atoms with Crippen molar-refractivity contribution < 1.29 is 0 Å². The Bertz CT molecular complexity index is 1170. The van der Waals surface area contributed by atoms with Gasteiger partial charge in [-0.2, -0.15) is 0 Å². The lowest BCUT2D eigenvalue weighted by atomic mass is 9.87. The third-order valence-corrected chi connectivity index (χ3v) is 5.25. The average Bonchev–Trinajstić information content (AvgIpc) is 2.74. The van der Waals surface area contributed by atoms with Crippen LogP contribution in [0.25, 0.3) is 22.2 Å². The summed E-state index contributed by atoms with van der Waals surface area (Å²) >= 11 is 6.31. The molecule has 3 aromatic carbocycles. The van der Waals surface area contributed by atoms with Crippen LogP contribution in [0.1, 0.15) is 16.7 Å². The quantitative estimate of drug-likeness (QED) is 0.429. The smallest absolute Gasteiger partial charge is 0.0806 e. The van der Waals surface area contributed by atoms with Gasteiger partial charge in [-0.15, -0.1) is 0 Å². The fraction of sp³-hybridized carbons (Fsp3) is 0.0833. The minimum atomic E-state index is 0.739. The second-order valence-corrected chi connectivity index (χ2v) is 7.12. The van der Waals surface area contributed by atoms with E-state index in [1.165, 1.54) is 5.56 Å². The zero-order valence-electron chi connectivity index (χ0n) is 14.7. The number of pyridine rings is 1. The molecular formula is C24H17ClN2. The van der Waals surface area contributed by atoms with Crippen LogP contribution in [0.5, 0.6) is 0 Å². The van der Waals surface area contributed by atoms with Gasteiger partial charge in [0.2, 0.25) is 0 Å². The maximum absolute atomic E-state index is 6.31. The van der Waals surface area contributed by atoms with E-state index in [0.717, 1.165) is 57.0 Å². The summed E-state index contributed by atoms with van der Waals surface area (Å²) in [6, 6.07) is 26.7. The van der Waals surface area contributed by atoms with Gasteiger partial charge in [0.25, 0.3) is 0 Å². The summed E-state index contributed by atoms with van der Waals surface area (Å²) in [5.74, 6) is 0. The highest BCUT2D eigenvalue weighted by atomic mass is 35.5. The maximum atomic E-state index is 6.31. The first-order valence-corrected chi connectivity index (χ1v) is 9.47. The minimum absolute atomic E-state index is 0.739. The van der Waals surface area contributed by atoms with Gasteiger partial charge in [-0.3, -0.25) is 4.99 Å². The van der Waals surface area contributed by atoms with Crippen molar-refractivity contribution in [2.75, 3.05) is 6.54 Å². The average molecular weight is 369 g/mol. The number of aliphatic imine (C=N–C) groups is 1. The molecule has 0 fully saturated rings. The predicted molar refractivity (Wildman–Crippen MR) is 113 cm³/mol. The Morgan fingerprint density at radius 1 is 0.778 bits per heavy atom. The highest BCUT2D eigenvalue weighted by Crippen LogP contribution is 2.35. The third kappa shape index (κ3) is 2.83. The largest absolute Gasteiger partial charge is 0.284 e. The Morgan fingerprint density at radius 2 is 1.48 bits per heavy atom. The van der Waals surface area contributed by atoms with E-state index in [1.807, 2.05) is 30.3 Å². The van der Waals surface area contributed by atoms with Gasteiger partial charge in [-0.05, 0) is 30.2 Å². The highest BCUT2D eigenvalue weighted by Gasteiger charge is 2.24. The van der Waals surface area contributed by atoms with E-state index < -0.39 is 0 Å². The summed E-state index contributed by atoms with van der Waals surface area (Å²) in [5, 5.41) is 1.86. The van der Waals surface area contributed by atoms with Gasteiger partial charge in [0.05, 0.1) is 16.9 Å². The zero-order valence-corrected chi connectivity index (χ0v) is 15.4. The maximum Gasteiger partial charge on any atom is 0.0806 e. The zero-order chi connectivity index (χ0) is 18.2. The van der Waals surface area contributed by atoms with Gasteiger partial charge in [-0.25, -0.2) is 4.98 Å². The van der Waals surface area contributed by atoms with Crippen molar-refractivity contribution in [1.82, 2.24) is 4.98 Å². The molecule has 0 bridgehead atoms. The summed E-state index contributed by atoms with van der Waals surface area (Å²) in [4.78, 5) is 9.94. The molecule has 5 rings (SSSR count). The number of nitrogens with zero attached hydrogens (tertiary/aromatic N) is 2. The number of hydrogen-bond acceptors (Lipinski definition) is 2. The molecule has 1 aromatic heterocycles. The molecule has 4 aromatic rings. The lowest BCUT2D eigenvalue weighted by molar-refractivity contribution is 0.950. The fourth-order valence-electron chi connectivity index (χ4n) is 3.81. The van der Waals surface area contributed by atoms with Crippen LogP contribution in [0.3, 0.4) is 0 Å². The summed E-state index contributed by atoms with van der Waals surface area (Å²) in [6.07, 6.45) is 0.894. The second kappa shape index (κ2) is 6.64. The van der Waals surface area contributed by atoms with Crippen molar-refractivity contribution in [2.24, 2.45) is 4.99 Å². The molecule has 2 heterocycles.